The van der Waals surface area contributed by atoms with Crippen molar-refractivity contribution in [3.05, 3.63) is 30.5 Å². The number of carbonyl (C=O) groups excluding carboxylic acids is 1. The highest BCUT2D eigenvalue weighted by Gasteiger charge is 2.30. The highest BCUT2D eigenvalue weighted by atomic mass is 16.5. The molecule has 0 N–H and O–H groups in total. The third-order valence-corrected chi connectivity index (χ3v) is 5.66. The molecule has 1 aromatic heterocycles. The van der Waals surface area contributed by atoms with Gasteiger partial charge in [-0.2, -0.15) is 0 Å². The number of pyridine rings is 1. The number of nitrogens with zero attached hydrogens (tertiary/aromatic N) is 3. The summed E-state index contributed by atoms with van der Waals surface area (Å²) in [4.78, 5) is 21.2. The van der Waals surface area contributed by atoms with Crippen molar-refractivity contribution in [3.63, 3.8) is 0 Å². The van der Waals surface area contributed by atoms with E-state index in [0.717, 1.165) is 61.3 Å². The van der Waals surface area contributed by atoms with Gasteiger partial charge in [0.05, 0.1) is 19.2 Å². The van der Waals surface area contributed by atoms with Crippen LogP contribution in [0.2, 0.25) is 0 Å². The molecule has 2 atom stereocenters. The fourth-order valence-electron chi connectivity index (χ4n) is 4.13. The zero-order valence-corrected chi connectivity index (χ0v) is 16.1. The summed E-state index contributed by atoms with van der Waals surface area (Å²) in [6.07, 6.45) is 5.04. The number of ether oxygens (including phenoxy) is 2. The van der Waals surface area contributed by atoms with E-state index in [4.69, 9.17) is 9.47 Å². The second kappa shape index (κ2) is 7.72. The lowest BCUT2D eigenvalue weighted by molar-refractivity contribution is -0.132. The van der Waals surface area contributed by atoms with Crippen LogP contribution in [0, 0.1) is 0 Å². The van der Waals surface area contributed by atoms with Crippen molar-refractivity contribution in [1.82, 2.24) is 14.8 Å². The zero-order valence-electron chi connectivity index (χ0n) is 16.1. The van der Waals surface area contributed by atoms with Gasteiger partial charge >= 0.3 is 0 Å². The van der Waals surface area contributed by atoms with Gasteiger partial charge in [0, 0.05) is 43.3 Å². The van der Waals surface area contributed by atoms with E-state index < -0.39 is 0 Å². The highest BCUT2D eigenvalue weighted by Crippen LogP contribution is 2.29. The minimum Gasteiger partial charge on any atom is -0.497 e. The summed E-state index contributed by atoms with van der Waals surface area (Å²) in [6.45, 7) is 5.23. The van der Waals surface area contributed by atoms with Crippen LogP contribution in [0.5, 0.6) is 11.5 Å². The second-order valence-corrected chi connectivity index (χ2v) is 7.53. The van der Waals surface area contributed by atoms with E-state index in [0.29, 0.717) is 12.6 Å². The Hall–Kier alpha value is -2.34. The molecule has 0 unspecified atom stereocenters. The molecule has 0 spiro atoms. The van der Waals surface area contributed by atoms with Gasteiger partial charge in [0.1, 0.15) is 17.6 Å². The van der Waals surface area contributed by atoms with E-state index in [1.807, 2.05) is 29.2 Å². The maximum absolute atomic E-state index is 12.5. The molecule has 2 aromatic rings. The van der Waals surface area contributed by atoms with Crippen molar-refractivity contribution in [1.29, 1.82) is 0 Å². The average Bonchev–Trinajstić information content (AvgIpc) is 3.30. The molecule has 0 bridgehead atoms. The summed E-state index contributed by atoms with van der Waals surface area (Å²) in [6, 6.07) is 8.12. The van der Waals surface area contributed by atoms with E-state index in [9.17, 15) is 4.79 Å². The Morgan fingerprint density at radius 1 is 1.26 bits per heavy atom. The van der Waals surface area contributed by atoms with Gasteiger partial charge < -0.3 is 14.4 Å². The first-order valence-corrected chi connectivity index (χ1v) is 9.75. The number of fused-ring (bicyclic) bond motifs is 1. The van der Waals surface area contributed by atoms with Crippen LogP contribution < -0.4 is 9.47 Å². The van der Waals surface area contributed by atoms with Crippen LogP contribution in [0.1, 0.15) is 26.2 Å². The van der Waals surface area contributed by atoms with E-state index >= 15 is 0 Å². The quantitative estimate of drug-likeness (QED) is 0.811. The summed E-state index contributed by atoms with van der Waals surface area (Å²) in [5, 5.41) is 0.985. The lowest BCUT2D eigenvalue weighted by Gasteiger charge is -2.24. The van der Waals surface area contributed by atoms with Crippen LogP contribution in [0.15, 0.2) is 30.5 Å². The Balaban J connectivity index is 1.38. The monoisotopic (exact) mass is 369 g/mol. The second-order valence-electron chi connectivity index (χ2n) is 7.53. The number of amides is 1. The van der Waals surface area contributed by atoms with Gasteiger partial charge in [-0.25, -0.2) is 0 Å². The number of likely N-dealkylation sites (tertiary alicyclic amines) is 2. The highest BCUT2D eigenvalue weighted by molar-refractivity contribution is 5.86. The molecule has 0 aliphatic carbocycles. The summed E-state index contributed by atoms with van der Waals surface area (Å²) in [5.74, 6) is 1.88. The maximum atomic E-state index is 12.5. The van der Waals surface area contributed by atoms with Crippen LogP contribution in [0.25, 0.3) is 10.9 Å². The Bertz CT molecular complexity index is 825. The van der Waals surface area contributed by atoms with Crippen molar-refractivity contribution in [3.8, 4) is 11.5 Å². The van der Waals surface area contributed by atoms with Crippen LogP contribution >= 0.6 is 0 Å². The van der Waals surface area contributed by atoms with E-state index in [2.05, 4.69) is 16.8 Å². The minimum absolute atomic E-state index is 0.0986. The first-order chi connectivity index (χ1) is 13.1. The van der Waals surface area contributed by atoms with E-state index in [-0.39, 0.29) is 12.0 Å². The summed E-state index contributed by atoms with van der Waals surface area (Å²) < 4.78 is 11.5. The van der Waals surface area contributed by atoms with Gasteiger partial charge in [-0.05, 0) is 44.4 Å². The number of benzene rings is 1. The number of hydrogen-bond donors (Lipinski definition) is 0. The SMILES string of the molecule is COc1ccc2c(O[C@H]3CCN(CC(=O)N4CCC[C@H]4C)C3)ccnc2c1. The maximum Gasteiger partial charge on any atom is 0.236 e. The largest absolute Gasteiger partial charge is 0.497 e. The Morgan fingerprint density at radius 3 is 2.93 bits per heavy atom. The van der Waals surface area contributed by atoms with Gasteiger partial charge in [-0.1, -0.05) is 0 Å². The minimum atomic E-state index is 0.0986. The molecule has 144 valence electrons. The van der Waals surface area contributed by atoms with Crippen molar-refractivity contribution < 1.29 is 14.3 Å². The summed E-state index contributed by atoms with van der Waals surface area (Å²) in [5.41, 5.74) is 0.861. The Labute approximate surface area is 160 Å². The number of rotatable bonds is 5. The lowest BCUT2D eigenvalue weighted by Crippen LogP contribution is -2.41. The van der Waals surface area contributed by atoms with Gasteiger partial charge in [-0.15, -0.1) is 0 Å². The van der Waals surface area contributed by atoms with Gasteiger partial charge in [0.2, 0.25) is 5.91 Å². The van der Waals surface area contributed by atoms with Crippen LogP contribution in [0.4, 0.5) is 0 Å². The fraction of sp³-hybridized carbons (Fsp3) is 0.524. The molecule has 1 amide bonds. The molecule has 3 heterocycles. The fourth-order valence-corrected chi connectivity index (χ4v) is 4.13. The zero-order chi connectivity index (χ0) is 18.8. The molecule has 1 aromatic carbocycles. The molecule has 2 aliphatic rings. The Morgan fingerprint density at radius 2 is 2.15 bits per heavy atom. The van der Waals surface area contributed by atoms with Gasteiger partial charge in [0.15, 0.2) is 0 Å². The van der Waals surface area contributed by atoms with Gasteiger partial charge in [-0.3, -0.25) is 14.7 Å². The van der Waals surface area contributed by atoms with Gasteiger partial charge in [0.25, 0.3) is 0 Å². The third kappa shape index (κ3) is 3.86. The first kappa shape index (κ1) is 18.0. The average molecular weight is 369 g/mol. The predicted octanol–water partition coefficient (Wildman–Crippen LogP) is 2.71. The normalized spacial score (nSPS) is 23.1. The molecule has 2 fully saturated rings. The van der Waals surface area contributed by atoms with E-state index in [1.165, 1.54) is 0 Å². The standard InChI is InChI=1S/C21H27N3O3/c1-15-4-3-10-24(15)21(25)14-23-11-8-17(13-23)27-20-7-9-22-19-12-16(26-2)5-6-18(19)20/h5-7,9,12,15,17H,3-4,8,10-11,13-14H2,1-2H3/t15-,17+/m1/s1. The number of methoxy groups -OCH3 is 1. The number of aromatic nitrogens is 1. The topological polar surface area (TPSA) is 54.9 Å². The molecule has 6 nitrogen and oxygen atoms in total. The molecule has 4 rings (SSSR count). The Kier molecular flexibility index (Phi) is 5.16. The molecule has 2 saturated heterocycles. The third-order valence-electron chi connectivity index (χ3n) is 5.66. The molecular weight excluding hydrogens is 342 g/mol. The first-order valence-electron chi connectivity index (χ1n) is 9.75. The molecule has 0 radical (unpaired) electrons. The van der Waals surface area contributed by atoms with E-state index in [1.54, 1.807) is 13.3 Å². The number of hydrogen-bond acceptors (Lipinski definition) is 5. The molecular formula is C21H27N3O3. The predicted molar refractivity (Wildman–Crippen MR) is 104 cm³/mol. The van der Waals surface area contributed by atoms with Crippen LogP contribution in [-0.4, -0.2) is 66.1 Å². The van der Waals surface area contributed by atoms with Crippen LogP contribution in [0.3, 0.4) is 0 Å². The summed E-state index contributed by atoms with van der Waals surface area (Å²) >= 11 is 0. The molecule has 27 heavy (non-hydrogen) atoms. The number of carbonyl (C=O) groups is 1. The molecule has 0 saturated carbocycles. The molecule has 2 aliphatic heterocycles. The molecule has 6 heteroatoms. The smallest absolute Gasteiger partial charge is 0.236 e. The van der Waals surface area contributed by atoms with Crippen LogP contribution in [-0.2, 0) is 4.79 Å². The lowest BCUT2D eigenvalue weighted by atomic mass is 10.2. The van der Waals surface area contributed by atoms with Crippen molar-refractivity contribution in [2.24, 2.45) is 0 Å². The summed E-state index contributed by atoms with van der Waals surface area (Å²) in [7, 11) is 1.65. The van der Waals surface area contributed by atoms with Crippen molar-refractivity contribution >= 4 is 16.8 Å². The van der Waals surface area contributed by atoms with Crippen molar-refractivity contribution in [2.45, 2.75) is 38.3 Å². The van der Waals surface area contributed by atoms with Crippen molar-refractivity contribution in [2.75, 3.05) is 33.3 Å².